The molecule has 0 rings (SSSR count). The highest BCUT2D eigenvalue weighted by Crippen LogP contribution is 2.02. The van der Waals surface area contributed by atoms with E-state index in [1.807, 2.05) is 20.8 Å². The summed E-state index contributed by atoms with van der Waals surface area (Å²) < 4.78 is 0. The van der Waals surface area contributed by atoms with Crippen molar-refractivity contribution in [2.24, 2.45) is 0 Å². The Morgan fingerprint density at radius 1 is 1.47 bits per heavy atom. The zero-order valence-corrected chi connectivity index (χ0v) is 10.6. The van der Waals surface area contributed by atoms with Gasteiger partial charge in [0.05, 0.1) is 12.5 Å². The molecule has 0 aliphatic carbocycles. The molecule has 0 fully saturated rings. The number of urea groups is 1. The van der Waals surface area contributed by atoms with Crippen LogP contribution in [0.4, 0.5) is 4.79 Å². The van der Waals surface area contributed by atoms with E-state index in [-0.39, 0.29) is 31.1 Å². The highest BCUT2D eigenvalue weighted by atomic mass is 16.4. The number of carbonyl (C=O) groups is 2. The number of terminal acetylenes is 1. The molecule has 5 nitrogen and oxygen atoms in total. The van der Waals surface area contributed by atoms with Gasteiger partial charge in [0.1, 0.15) is 0 Å². The summed E-state index contributed by atoms with van der Waals surface area (Å²) in [6.45, 7) is 5.72. The topological polar surface area (TPSA) is 69.6 Å². The average molecular weight is 240 g/mol. The largest absolute Gasteiger partial charge is 0.481 e. The molecule has 0 saturated carbocycles. The Labute approximate surface area is 102 Å². The molecule has 17 heavy (non-hydrogen) atoms. The second-order valence-electron chi connectivity index (χ2n) is 4.01. The van der Waals surface area contributed by atoms with Gasteiger partial charge in [-0.1, -0.05) is 12.8 Å². The Bertz CT molecular complexity index is 307. The van der Waals surface area contributed by atoms with Gasteiger partial charge >= 0.3 is 12.0 Å². The summed E-state index contributed by atoms with van der Waals surface area (Å²) in [4.78, 5) is 23.8. The molecular weight excluding hydrogens is 220 g/mol. The van der Waals surface area contributed by atoms with E-state index in [4.69, 9.17) is 11.5 Å². The SMILES string of the molecule is C#CC(CC)NC(=O)N(CCC(=O)O)C(C)C. The second-order valence-corrected chi connectivity index (χ2v) is 4.01. The van der Waals surface area contributed by atoms with Crippen LogP contribution in [0.15, 0.2) is 0 Å². The van der Waals surface area contributed by atoms with Crippen molar-refractivity contribution in [3.05, 3.63) is 0 Å². The van der Waals surface area contributed by atoms with E-state index in [0.29, 0.717) is 6.42 Å². The summed E-state index contributed by atoms with van der Waals surface area (Å²) in [5, 5.41) is 11.3. The number of hydrogen-bond acceptors (Lipinski definition) is 2. The first-order chi connectivity index (χ1) is 7.92. The molecule has 2 N–H and O–H groups in total. The van der Waals surface area contributed by atoms with Crippen LogP contribution < -0.4 is 5.32 Å². The minimum absolute atomic E-state index is 0.0652. The average Bonchev–Trinajstić information content (AvgIpc) is 2.25. The van der Waals surface area contributed by atoms with Gasteiger partial charge in [-0.3, -0.25) is 4.79 Å². The Morgan fingerprint density at radius 3 is 2.41 bits per heavy atom. The number of aliphatic carboxylic acids is 1. The molecule has 0 aliphatic heterocycles. The van der Waals surface area contributed by atoms with Crippen molar-refractivity contribution in [1.82, 2.24) is 10.2 Å². The number of nitrogens with one attached hydrogen (secondary N) is 1. The number of carboxylic acid groups (broad SMARTS) is 1. The maximum absolute atomic E-state index is 11.9. The van der Waals surface area contributed by atoms with E-state index in [1.54, 1.807) is 0 Å². The van der Waals surface area contributed by atoms with Crippen molar-refractivity contribution >= 4 is 12.0 Å². The first-order valence-corrected chi connectivity index (χ1v) is 5.67. The highest BCUT2D eigenvalue weighted by molar-refractivity contribution is 5.76. The monoisotopic (exact) mass is 240 g/mol. The zero-order chi connectivity index (χ0) is 13.4. The summed E-state index contributed by atoms with van der Waals surface area (Å²) in [5.74, 6) is 1.54. The van der Waals surface area contributed by atoms with Gasteiger partial charge in [-0.15, -0.1) is 6.42 Å². The van der Waals surface area contributed by atoms with E-state index >= 15 is 0 Å². The van der Waals surface area contributed by atoms with E-state index in [2.05, 4.69) is 11.2 Å². The fourth-order valence-electron chi connectivity index (χ4n) is 1.30. The van der Waals surface area contributed by atoms with Gasteiger partial charge < -0.3 is 15.3 Å². The Balaban J connectivity index is 4.45. The summed E-state index contributed by atoms with van der Waals surface area (Å²) in [5.41, 5.74) is 0. The Kier molecular flexibility index (Phi) is 6.80. The number of rotatable bonds is 6. The standard InChI is InChI=1S/C12H20N2O3/c1-5-10(6-2)13-12(17)14(9(3)4)8-7-11(15)16/h1,9-10H,6-8H2,2-4H3,(H,13,17)(H,15,16). The minimum atomic E-state index is -0.924. The lowest BCUT2D eigenvalue weighted by Gasteiger charge is -2.27. The van der Waals surface area contributed by atoms with Gasteiger partial charge in [0.2, 0.25) is 0 Å². The molecule has 0 aromatic heterocycles. The lowest BCUT2D eigenvalue weighted by atomic mass is 10.2. The number of nitrogens with zero attached hydrogens (tertiary/aromatic N) is 1. The van der Waals surface area contributed by atoms with E-state index in [1.165, 1.54) is 4.90 Å². The summed E-state index contributed by atoms with van der Waals surface area (Å²) >= 11 is 0. The van der Waals surface area contributed by atoms with Gasteiger partial charge in [0.15, 0.2) is 0 Å². The number of carboxylic acids is 1. The first kappa shape index (κ1) is 15.3. The first-order valence-electron chi connectivity index (χ1n) is 5.67. The predicted octanol–water partition coefficient (Wildman–Crippen LogP) is 1.29. The number of carbonyl (C=O) groups excluding carboxylic acids is 1. The van der Waals surface area contributed by atoms with Crippen molar-refractivity contribution in [2.75, 3.05) is 6.54 Å². The molecule has 0 radical (unpaired) electrons. The van der Waals surface area contributed by atoms with Gasteiger partial charge in [-0.05, 0) is 20.3 Å². The summed E-state index contributed by atoms with van der Waals surface area (Å²) in [6.07, 6.45) is 5.83. The third-order valence-corrected chi connectivity index (χ3v) is 2.36. The molecule has 0 heterocycles. The Morgan fingerprint density at radius 2 is 2.06 bits per heavy atom. The molecule has 1 unspecified atom stereocenters. The van der Waals surface area contributed by atoms with E-state index in [9.17, 15) is 9.59 Å². The Hall–Kier alpha value is -1.70. The van der Waals surface area contributed by atoms with Crippen LogP contribution in [0.2, 0.25) is 0 Å². The fraction of sp³-hybridized carbons (Fsp3) is 0.667. The number of amides is 2. The molecule has 0 spiro atoms. The molecule has 1 atom stereocenters. The van der Waals surface area contributed by atoms with Crippen LogP contribution in [0.3, 0.4) is 0 Å². The van der Waals surface area contributed by atoms with Crippen molar-refractivity contribution in [2.45, 2.75) is 45.7 Å². The zero-order valence-electron chi connectivity index (χ0n) is 10.6. The van der Waals surface area contributed by atoms with Gasteiger partial charge in [-0.25, -0.2) is 4.79 Å². The van der Waals surface area contributed by atoms with Crippen LogP contribution in [-0.2, 0) is 4.79 Å². The molecule has 5 heteroatoms. The molecule has 0 aromatic carbocycles. The van der Waals surface area contributed by atoms with Crippen LogP contribution in [0.5, 0.6) is 0 Å². The van der Waals surface area contributed by atoms with E-state index in [0.717, 1.165) is 0 Å². The third-order valence-electron chi connectivity index (χ3n) is 2.36. The van der Waals surface area contributed by atoms with E-state index < -0.39 is 5.97 Å². The number of hydrogen-bond donors (Lipinski definition) is 2. The molecule has 96 valence electrons. The normalized spacial score (nSPS) is 11.7. The van der Waals surface area contributed by atoms with Crippen molar-refractivity contribution in [3.8, 4) is 12.3 Å². The molecule has 0 saturated heterocycles. The second kappa shape index (κ2) is 7.55. The maximum atomic E-state index is 11.9. The van der Waals surface area contributed by atoms with Crippen LogP contribution in [0, 0.1) is 12.3 Å². The lowest BCUT2D eigenvalue weighted by molar-refractivity contribution is -0.137. The lowest BCUT2D eigenvalue weighted by Crippen LogP contribution is -2.48. The predicted molar refractivity (Wildman–Crippen MR) is 65.5 cm³/mol. The summed E-state index contributed by atoms with van der Waals surface area (Å²) in [6, 6.07) is -0.691. The van der Waals surface area contributed by atoms with Crippen LogP contribution >= 0.6 is 0 Å². The van der Waals surface area contributed by atoms with Gasteiger partial charge in [0, 0.05) is 12.6 Å². The molecule has 0 aliphatic rings. The van der Waals surface area contributed by atoms with Crippen molar-refractivity contribution in [1.29, 1.82) is 0 Å². The van der Waals surface area contributed by atoms with Crippen molar-refractivity contribution < 1.29 is 14.7 Å². The smallest absolute Gasteiger partial charge is 0.318 e. The van der Waals surface area contributed by atoms with Crippen molar-refractivity contribution in [3.63, 3.8) is 0 Å². The van der Waals surface area contributed by atoms with Crippen LogP contribution in [0.25, 0.3) is 0 Å². The maximum Gasteiger partial charge on any atom is 0.318 e. The fourth-order valence-corrected chi connectivity index (χ4v) is 1.30. The highest BCUT2D eigenvalue weighted by Gasteiger charge is 2.19. The molecule has 0 bridgehead atoms. The van der Waals surface area contributed by atoms with Crippen LogP contribution in [0.1, 0.15) is 33.6 Å². The van der Waals surface area contributed by atoms with Gasteiger partial charge in [0.25, 0.3) is 0 Å². The minimum Gasteiger partial charge on any atom is -0.481 e. The van der Waals surface area contributed by atoms with Gasteiger partial charge in [-0.2, -0.15) is 0 Å². The van der Waals surface area contributed by atoms with Crippen LogP contribution in [-0.4, -0.2) is 40.6 Å². The molecule has 0 aromatic rings. The molecular formula is C12H20N2O3. The third kappa shape index (κ3) is 5.81. The quantitative estimate of drug-likeness (QED) is 0.687. The summed E-state index contributed by atoms with van der Waals surface area (Å²) in [7, 11) is 0. The molecule has 2 amide bonds.